The van der Waals surface area contributed by atoms with Crippen molar-refractivity contribution in [1.82, 2.24) is 15.1 Å². The Balaban J connectivity index is 1.81. The van der Waals surface area contributed by atoms with Gasteiger partial charge < -0.3 is 9.64 Å². The van der Waals surface area contributed by atoms with Crippen LogP contribution in [0.15, 0.2) is 5.51 Å². The van der Waals surface area contributed by atoms with Gasteiger partial charge in [-0.15, -0.1) is 10.2 Å². The van der Waals surface area contributed by atoms with E-state index in [-0.39, 0.29) is 0 Å². The van der Waals surface area contributed by atoms with Gasteiger partial charge >= 0.3 is 0 Å². The maximum atomic E-state index is 6.13. The minimum Gasteiger partial charge on any atom is -0.376 e. The molecule has 3 rings (SSSR count). The van der Waals surface area contributed by atoms with Crippen LogP contribution >= 0.6 is 11.3 Å². The van der Waals surface area contributed by atoms with Gasteiger partial charge in [0.25, 0.3) is 0 Å². The molecular formula is C14H24N4OS. The van der Waals surface area contributed by atoms with Crippen molar-refractivity contribution in [3.05, 3.63) is 5.51 Å². The molecule has 1 aromatic rings. The van der Waals surface area contributed by atoms with Gasteiger partial charge in [0, 0.05) is 31.7 Å². The Hall–Kier alpha value is -0.720. The molecule has 112 valence electrons. The Labute approximate surface area is 124 Å². The molecule has 3 heterocycles. The van der Waals surface area contributed by atoms with Crippen LogP contribution in [-0.4, -0.2) is 60.0 Å². The number of fused-ring (bicyclic) bond motifs is 1. The van der Waals surface area contributed by atoms with Crippen LogP contribution in [0.25, 0.3) is 0 Å². The summed E-state index contributed by atoms with van der Waals surface area (Å²) in [6, 6.07) is 0.971. The lowest BCUT2D eigenvalue weighted by Gasteiger charge is -2.49. The molecule has 5 nitrogen and oxygen atoms in total. The molecule has 20 heavy (non-hydrogen) atoms. The molecule has 2 fully saturated rings. The summed E-state index contributed by atoms with van der Waals surface area (Å²) < 4.78 is 6.13. The fourth-order valence-corrected chi connectivity index (χ4v) is 3.96. The van der Waals surface area contributed by atoms with E-state index >= 15 is 0 Å². The molecule has 0 N–H and O–H groups in total. The molecule has 2 aliphatic rings. The van der Waals surface area contributed by atoms with Crippen LogP contribution in [0.3, 0.4) is 0 Å². The fraction of sp³-hybridized carbons (Fsp3) is 0.857. The van der Waals surface area contributed by atoms with Crippen molar-refractivity contribution in [2.75, 3.05) is 31.6 Å². The van der Waals surface area contributed by atoms with Gasteiger partial charge in [0.15, 0.2) is 0 Å². The predicted octanol–water partition coefficient (Wildman–Crippen LogP) is 1.86. The summed E-state index contributed by atoms with van der Waals surface area (Å²) in [4.78, 5) is 4.85. The van der Waals surface area contributed by atoms with E-state index in [0.29, 0.717) is 24.1 Å². The molecule has 0 aromatic carbocycles. The molecule has 0 bridgehead atoms. The Bertz CT molecular complexity index is 425. The lowest BCUT2D eigenvalue weighted by Crippen LogP contribution is -2.61. The van der Waals surface area contributed by atoms with Crippen LogP contribution in [0.2, 0.25) is 0 Å². The number of hydrogen-bond donors (Lipinski definition) is 0. The molecule has 0 aliphatic carbocycles. The number of aromatic nitrogens is 2. The largest absolute Gasteiger partial charge is 0.376 e. The van der Waals surface area contributed by atoms with Crippen LogP contribution in [0.1, 0.15) is 26.7 Å². The molecule has 0 spiro atoms. The van der Waals surface area contributed by atoms with Crippen molar-refractivity contribution in [2.24, 2.45) is 5.92 Å². The first-order chi connectivity index (χ1) is 9.66. The van der Waals surface area contributed by atoms with Crippen LogP contribution in [0.4, 0.5) is 5.13 Å². The number of anilines is 1. The van der Waals surface area contributed by atoms with E-state index in [9.17, 15) is 0 Å². The van der Waals surface area contributed by atoms with Gasteiger partial charge in [-0.3, -0.25) is 4.90 Å². The van der Waals surface area contributed by atoms with Crippen molar-refractivity contribution in [3.63, 3.8) is 0 Å². The average Bonchev–Trinajstić information content (AvgIpc) is 2.99. The maximum Gasteiger partial charge on any atom is 0.208 e. The highest BCUT2D eigenvalue weighted by molar-refractivity contribution is 7.13. The quantitative estimate of drug-likeness (QED) is 0.851. The standard InChI is InChI=1S/C14H24N4OS/c1-10(2)17(3)12-8-18(14-16-15-9-20-14)7-11-5-4-6-19-13(11)12/h9-13H,4-8H2,1-3H3/t11-,12+,13-/m0/s1. The highest BCUT2D eigenvalue weighted by Crippen LogP contribution is 2.33. The zero-order chi connectivity index (χ0) is 14.1. The first-order valence-corrected chi connectivity index (χ1v) is 8.39. The second kappa shape index (κ2) is 5.95. The number of piperidine rings is 1. The molecule has 2 saturated heterocycles. The molecule has 0 saturated carbocycles. The summed E-state index contributed by atoms with van der Waals surface area (Å²) in [6.07, 6.45) is 2.83. The minimum atomic E-state index is 0.375. The van der Waals surface area contributed by atoms with E-state index in [4.69, 9.17) is 4.74 Å². The minimum absolute atomic E-state index is 0.375. The third-order valence-corrected chi connectivity index (χ3v) is 5.44. The number of likely N-dealkylation sites (N-methyl/N-ethyl adjacent to an activating group) is 1. The van der Waals surface area contributed by atoms with E-state index in [1.54, 1.807) is 11.3 Å². The smallest absolute Gasteiger partial charge is 0.208 e. The lowest BCUT2D eigenvalue weighted by molar-refractivity contribution is -0.0833. The predicted molar refractivity (Wildman–Crippen MR) is 81.3 cm³/mol. The molecule has 2 aliphatic heterocycles. The van der Waals surface area contributed by atoms with Crippen LogP contribution in [-0.2, 0) is 4.74 Å². The van der Waals surface area contributed by atoms with Crippen LogP contribution in [0.5, 0.6) is 0 Å². The summed E-state index contributed by atoms with van der Waals surface area (Å²) in [7, 11) is 2.22. The highest BCUT2D eigenvalue weighted by Gasteiger charge is 2.42. The normalized spacial score (nSPS) is 30.9. The van der Waals surface area contributed by atoms with E-state index in [1.165, 1.54) is 12.8 Å². The monoisotopic (exact) mass is 296 g/mol. The first-order valence-electron chi connectivity index (χ1n) is 7.51. The topological polar surface area (TPSA) is 41.5 Å². The van der Waals surface area contributed by atoms with E-state index in [2.05, 4.69) is 40.9 Å². The zero-order valence-corrected chi connectivity index (χ0v) is 13.3. The number of hydrogen-bond acceptors (Lipinski definition) is 6. The fourth-order valence-electron chi connectivity index (χ4n) is 3.38. The molecule has 0 radical (unpaired) electrons. The summed E-state index contributed by atoms with van der Waals surface area (Å²) in [5.41, 5.74) is 1.82. The van der Waals surface area contributed by atoms with Gasteiger partial charge in [0.2, 0.25) is 5.13 Å². The van der Waals surface area contributed by atoms with Crippen molar-refractivity contribution in [1.29, 1.82) is 0 Å². The van der Waals surface area contributed by atoms with E-state index < -0.39 is 0 Å². The Morgan fingerprint density at radius 3 is 3.00 bits per heavy atom. The molecular weight excluding hydrogens is 272 g/mol. The molecule has 0 amide bonds. The summed E-state index contributed by atoms with van der Waals surface area (Å²) >= 11 is 1.64. The number of rotatable bonds is 3. The van der Waals surface area contributed by atoms with Crippen molar-refractivity contribution >= 4 is 16.5 Å². The van der Waals surface area contributed by atoms with Gasteiger partial charge in [-0.25, -0.2) is 0 Å². The van der Waals surface area contributed by atoms with Crippen molar-refractivity contribution in [3.8, 4) is 0 Å². The molecule has 3 atom stereocenters. The lowest BCUT2D eigenvalue weighted by atomic mass is 9.84. The van der Waals surface area contributed by atoms with Gasteiger partial charge in [-0.2, -0.15) is 0 Å². The Morgan fingerprint density at radius 2 is 2.30 bits per heavy atom. The van der Waals surface area contributed by atoms with Crippen LogP contribution < -0.4 is 4.90 Å². The molecule has 0 unspecified atom stereocenters. The summed E-state index contributed by atoms with van der Waals surface area (Å²) in [5.74, 6) is 0.618. The van der Waals surface area contributed by atoms with Crippen LogP contribution in [0, 0.1) is 5.92 Å². The highest BCUT2D eigenvalue weighted by atomic mass is 32.1. The number of ether oxygens (including phenoxy) is 1. The third kappa shape index (κ3) is 2.69. The summed E-state index contributed by atoms with van der Waals surface area (Å²) in [5, 5.41) is 9.29. The third-order valence-electron chi connectivity index (χ3n) is 4.69. The van der Waals surface area contributed by atoms with Gasteiger partial charge in [0.05, 0.1) is 12.1 Å². The Kier molecular flexibility index (Phi) is 4.23. The second-order valence-electron chi connectivity index (χ2n) is 6.19. The second-order valence-corrected chi connectivity index (χ2v) is 7.00. The average molecular weight is 296 g/mol. The zero-order valence-electron chi connectivity index (χ0n) is 12.5. The van der Waals surface area contributed by atoms with Gasteiger partial charge in [-0.05, 0) is 33.7 Å². The van der Waals surface area contributed by atoms with Crippen molar-refractivity contribution < 1.29 is 4.74 Å². The van der Waals surface area contributed by atoms with Gasteiger partial charge in [0.1, 0.15) is 5.51 Å². The van der Waals surface area contributed by atoms with E-state index in [1.807, 2.05) is 5.51 Å². The maximum absolute atomic E-state index is 6.13. The van der Waals surface area contributed by atoms with Gasteiger partial charge in [-0.1, -0.05) is 11.3 Å². The first kappa shape index (κ1) is 14.2. The van der Waals surface area contributed by atoms with Crippen molar-refractivity contribution in [2.45, 2.75) is 44.9 Å². The van der Waals surface area contributed by atoms with E-state index in [0.717, 1.165) is 24.8 Å². The SMILES string of the molecule is CC(C)N(C)[C@@H]1CN(c2nncs2)C[C@@H]2CCCO[C@@H]21. The summed E-state index contributed by atoms with van der Waals surface area (Å²) in [6.45, 7) is 7.47. The molecule has 1 aromatic heterocycles. The molecule has 6 heteroatoms. The Morgan fingerprint density at radius 1 is 1.45 bits per heavy atom. The number of nitrogens with zero attached hydrogens (tertiary/aromatic N) is 4.